The Balaban J connectivity index is 0.00000225. The Hall–Kier alpha value is -1.26. The molecule has 28 heavy (non-hydrogen) atoms. The molecule has 1 aromatic rings. The zero-order chi connectivity index (χ0) is 18.5. The molecule has 7 nitrogen and oxygen atoms in total. The Morgan fingerprint density at radius 2 is 2.04 bits per heavy atom. The Labute approximate surface area is 184 Å². The number of hydrogen-bond acceptors (Lipinski definition) is 5. The predicted molar refractivity (Wildman–Crippen MR) is 120 cm³/mol. The first-order valence-electron chi connectivity index (χ1n) is 10.1. The topological polar surface area (TPSA) is 67.4 Å². The van der Waals surface area contributed by atoms with Gasteiger partial charge in [-0.05, 0) is 38.4 Å². The Morgan fingerprint density at radius 3 is 2.89 bits per heavy atom. The highest BCUT2D eigenvalue weighted by Gasteiger charge is 2.32. The fraction of sp³-hybridized carbons (Fsp3) is 0.650. The van der Waals surface area contributed by atoms with E-state index in [2.05, 4.69) is 22.5 Å². The van der Waals surface area contributed by atoms with Gasteiger partial charge in [-0.15, -0.1) is 24.0 Å². The van der Waals surface area contributed by atoms with Gasteiger partial charge in [0.15, 0.2) is 17.5 Å². The first-order chi connectivity index (χ1) is 13.3. The number of para-hydroxylation sites is 2. The quantitative estimate of drug-likeness (QED) is 0.364. The highest BCUT2D eigenvalue weighted by molar-refractivity contribution is 14.0. The van der Waals surface area contributed by atoms with Crippen molar-refractivity contribution in [3.63, 3.8) is 0 Å². The molecule has 3 aliphatic rings. The summed E-state index contributed by atoms with van der Waals surface area (Å²) in [5, 5.41) is 6.67. The van der Waals surface area contributed by atoms with E-state index in [1.54, 1.807) is 0 Å². The summed E-state index contributed by atoms with van der Waals surface area (Å²) in [6, 6.07) is 8.40. The number of halogens is 1. The molecule has 3 atom stereocenters. The van der Waals surface area contributed by atoms with Gasteiger partial charge in [0.25, 0.3) is 0 Å². The molecule has 0 bridgehead atoms. The maximum absolute atomic E-state index is 6.00. The van der Waals surface area contributed by atoms with Gasteiger partial charge in [-0.25, -0.2) is 0 Å². The molecule has 0 aromatic heterocycles. The SMILES string of the molecule is CCNC(=NCC1CN2CCCC2CO1)NCC1COc2ccccc2O1.I. The maximum Gasteiger partial charge on any atom is 0.191 e. The normalized spacial score (nSPS) is 26.9. The van der Waals surface area contributed by atoms with Crippen LogP contribution in [0.2, 0.25) is 0 Å². The van der Waals surface area contributed by atoms with E-state index in [0.29, 0.717) is 25.7 Å². The zero-order valence-electron chi connectivity index (χ0n) is 16.4. The molecule has 0 saturated carbocycles. The van der Waals surface area contributed by atoms with Gasteiger partial charge in [-0.3, -0.25) is 9.89 Å². The van der Waals surface area contributed by atoms with Crippen LogP contribution in [-0.2, 0) is 4.74 Å². The third-order valence-electron chi connectivity index (χ3n) is 5.32. The van der Waals surface area contributed by atoms with Crippen LogP contribution in [-0.4, -0.2) is 75.0 Å². The third kappa shape index (κ3) is 5.42. The van der Waals surface area contributed by atoms with Crippen LogP contribution in [0.25, 0.3) is 0 Å². The van der Waals surface area contributed by atoms with Crippen LogP contribution in [0.3, 0.4) is 0 Å². The van der Waals surface area contributed by atoms with Crippen LogP contribution in [0.15, 0.2) is 29.3 Å². The molecule has 156 valence electrons. The molecule has 0 spiro atoms. The van der Waals surface area contributed by atoms with E-state index in [1.807, 2.05) is 24.3 Å². The molecule has 3 heterocycles. The number of nitrogens with zero attached hydrogens (tertiary/aromatic N) is 2. The van der Waals surface area contributed by atoms with Crippen molar-refractivity contribution < 1.29 is 14.2 Å². The molecule has 0 amide bonds. The van der Waals surface area contributed by atoms with Gasteiger partial charge in [-0.1, -0.05) is 12.1 Å². The Bertz CT molecular complexity index is 660. The summed E-state index contributed by atoms with van der Waals surface area (Å²) in [7, 11) is 0. The number of morpholine rings is 1. The molecular weight excluding hydrogens is 471 g/mol. The first-order valence-corrected chi connectivity index (χ1v) is 10.1. The lowest BCUT2D eigenvalue weighted by molar-refractivity contribution is -0.0432. The van der Waals surface area contributed by atoms with Crippen molar-refractivity contribution in [2.24, 2.45) is 4.99 Å². The second-order valence-corrected chi connectivity index (χ2v) is 7.34. The van der Waals surface area contributed by atoms with E-state index in [9.17, 15) is 0 Å². The largest absolute Gasteiger partial charge is 0.486 e. The van der Waals surface area contributed by atoms with Crippen molar-refractivity contribution in [2.75, 3.05) is 45.9 Å². The number of guanidine groups is 1. The molecule has 2 fully saturated rings. The summed E-state index contributed by atoms with van der Waals surface area (Å²) >= 11 is 0. The van der Waals surface area contributed by atoms with Crippen molar-refractivity contribution in [1.29, 1.82) is 0 Å². The first kappa shape index (κ1) is 21.4. The fourth-order valence-corrected chi connectivity index (χ4v) is 3.91. The van der Waals surface area contributed by atoms with E-state index in [0.717, 1.165) is 37.2 Å². The van der Waals surface area contributed by atoms with Crippen LogP contribution < -0.4 is 20.1 Å². The molecule has 2 saturated heterocycles. The van der Waals surface area contributed by atoms with Crippen LogP contribution >= 0.6 is 24.0 Å². The van der Waals surface area contributed by atoms with Crippen LogP contribution in [0, 0.1) is 0 Å². The summed E-state index contributed by atoms with van der Waals surface area (Å²) in [5.41, 5.74) is 0. The van der Waals surface area contributed by atoms with Gasteiger partial charge in [-0.2, -0.15) is 0 Å². The van der Waals surface area contributed by atoms with Gasteiger partial charge < -0.3 is 24.8 Å². The van der Waals surface area contributed by atoms with E-state index in [4.69, 9.17) is 19.2 Å². The molecule has 8 heteroatoms. The van der Waals surface area contributed by atoms with E-state index in [1.165, 1.54) is 19.4 Å². The van der Waals surface area contributed by atoms with Gasteiger partial charge in [0.1, 0.15) is 12.7 Å². The number of fused-ring (bicyclic) bond motifs is 2. The van der Waals surface area contributed by atoms with E-state index in [-0.39, 0.29) is 36.2 Å². The van der Waals surface area contributed by atoms with Crippen molar-refractivity contribution >= 4 is 29.9 Å². The number of hydrogen-bond donors (Lipinski definition) is 2. The molecule has 1 aromatic carbocycles. The maximum atomic E-state index is 6.00. The smallest absolute Gasteiger partial charge is 0.191 e. The lowest BCUT2D eigenvalue weighted by Crippen LogP contribution is -2.48. The molecule has 3 unspecified atom stereocenters. The van der Waals surface area contributed by atoms with Crippen molar-refractivity contribution in [1.82, 2.24) is 15.5 Å². The lowest BCUT2D eigenvalue weighted by atomic mass is 10.2. The van der Waals surface area contributed by atoms with Gasteiger partial charge in [0.05, 0.1) is 25.8 Å². The molecule has 2 N–H and O–H groups in total. The summed E-state index contributed by atoms with van der Waals surface area (Å²) in [6.45, 7) is 7.76. The third-order valence-corrected chi connectivity index (χ3v) is 5.32. The Morgan fingerprint density at radius 1 is 1.18 bits per heavy atom. The summed E-state index contributed by atoms with van der Waals surface area (Å²) in [6.07, 6.45) is 2.70. The molecule has 4 rings (SSSR count). The molecule has 0 aliphatic carbocycles. The number of ether oxygens (including phenoxy) is 3. The summed E-state index contributed by atoms with van der Waals surface area (Å²) in [4.78, 5) is 7.28. The van der Waals surface area contributed by atoms with Crippen molar-refractivity contribution in [3.8, 4) is 11.5 Å². The average molecular weight is 502 g/mol. The summed E-state index contributed by atoms with van der Waals surface area (Å²) in [5.74, 6) is 2.41. The summed E-state index contributed by atoms with van der Waals surface area (Å²) < 4.78 is 17.8. The highest BCUT2D eigenvalue weighted by Crippen LogP contribution is 2.30. The van der Waals surface area contributed by atoms with Crippen LogP contribution in [0.5, 0.6) is 11.5 Å². The molecule has 3 aliphatic heterocycles. The van der Waals surface area contributed by atoms with Gasteiger partial charge in [0, 0.05) is 19.1 Å². The fourth-order valence-electron chi connectivity index (χ4n) is 3.91. The second-order valence-electron chi connectivity index (χ2n) is 7.34. The second kappa shape index (κ2) is 10.5. The average Bonchev–Trinajstić information content (AvgIpc) is 3.18. The number of rotatable bonds is 5. The minimum absolute atomic E-state index is 0. The highest BCUT2D eigenvalue weighted by atomic mass is 127. The van der Waals surface area contributed by atoms with Crippen molar-refractivity contribution in [3.05, 3.63) is 24.3 Å². The van der Waals surface area contributed by atoms with Gasteiger partial charge >= 0.3 is 0 Å². The van der Waals surface area contributed by atoms with E-state index < -0.39 is 0 Å². The van der Waals surface area contributed by atoms with Gasteiger partial charge in [0.2, 0.25) is 0 Å². The van der Waals surface area contributed by atoms with Crippen molar-refractivity contribution in [2.45, 2.75) is 38.0 Å². The molecule has 0 radical (unpaired) electrons. The zero-order valence-corrected chi connectivity index (χ0v) is 18.8. The number of aliphatic imine (C=N–C) groups is 1. The monoisotopic (exact) mass is 502 g/mol. The minimum atomic E-state index is -0.0416. The number of nitrogens with one attached hydrogen (secondary N) is 2. The van der Waals surface area contributed by atoms with Crippen LogP contribution in [0.4, 0.5) is 0 Å². The number of benzene rings is 1. The van der Waals surface area contributed by atoms with Crippen LogP contribution in [0.1, 0.15) is 19.8 Å². The standard InChI is InChI=1S/C20H30N4O3.HI/c1-2-21-20(22-10-16-12-24-9-5-6-15(24)13-25-16)23-11-17-14-26-18-7-3-4-8-19(18)27-17;/h3-4,7-8,15-17H,2,5-6,9-14H2,1H3,(H2,21,22,23);1H. The van der Waals surface area contributed by atoms with E-state index >= 15 is 0 Å². The molecular formula is C20H31IN4O3. The lowest BCUT2D eigenvalue weighted by Gasteiger charge is -2.34. The minimum Gasteiger partial charge on any atom is -0.486 e. The predicted octanol–water partition coefficient (Wildman–Crippen LogP) is 1.86. The Kier molecular flexibility index (Phi) is 8.04.